The Morgan fingerprint density at radius 3 is 2.34 bits per heavy atom. The van der Waals surface area contributed by atoms with Crippen LogP contribution in [0.2, 0.25) is 5.15 Å². The van der Waals surface area contributed by atoms with Gasteiger partial charge in [-0.3, -0.25) is 9.59 Å². The molecule has 6 heterocycles. The third kappa shape index (κ3) is 7.53. The number of fused-ring (bicyclic) bond motifs is 7. The lowest BCUT2D eigenvalue weighted by Gasteiger charge is -2.39. The number of alkyl halides is 5. The molecule has 4 amide bonds. The normalized spacial score (nSPS) is 23.6. The maximum atomic E-state index is 15.8. The van der Waals surface area contributed by atoms with Crippen LogP contribution in [0.3, 0.4) is 0 Å². The number of benzene rings is 3. The van der Waals surface area contributed by atoms with Gasteiger partial charge < -0.3 is 44.6 Å². The van der Waals surface area contributed by atoms with Crippen molar-refractivity contribution in [3.63, 3.8) is 0 Å². The molecule has 6 atom stereocenters. The van der Waals surface area contributed by atoms with Gasteiger partial charge in [0.1, 0.15) is 46.9 Å². The van der Waals surface area contributed by atoms with Crippen molar-refractivity contribution in [1.29, 1.82) is 0 Å². The van der Waals surface area contributed by atoms with Crippen molar-refractivity contribution in [3.8, 4) is 28.1 Å². The molecule has 1 unspecified atom stereocenters. The van der Waals surface area contributed by atoms with E-state index in [4.69, 9.17) is 26.3 Å². The quantitative estimate of drug-likeness (QED) is 0.115. The van der Waals surface area contributed by atoms with Gasteiger partial charge in [-0.1, -0.05) is 43.6 Å². The second-order valence-electron chi connectivity index (χ2n) is 19.3. The summed E-state index contributed by atoms with van der Waals surface area (Å²) >= 11 is 6.80. The Hall–Kier alpha value is -6.18. The smallest absolute Gasteiger partial charge is 0.407 e. The first-order valence-electron chi connectivity index (χ1n) is 22.2. The topological polar surface area (TPSA) is 184 Å². The molecule has 3 fully saturated rings. The number of imidazole rings is 2. The van der Waals surface area contributed by atoms with Crippen LogP contribution in [0.1, 0.15) is 96.0 Å². The number of ether oxygens (including phenoxy) is 3. The van der Waals surface area contributed by atoms with Gasteiger partial charge in [0.15, 0.2) is 0 Å². The fraction of sp³-hybridized carbons (Fsp3) is 0.489. The van der Waals surface area contributed by atoms with Crippen molar-refractivity contribution < 1.29 is 55.3 Å². The fourth-order valence-electron chi connectivity index (χ4n) is 10.3. The minimum absolute atomic E-state index is 0.176. The molecule has 2 aromatic heterocycles. The molecule has 0 aliphatic carbocycles. The van der Waals surface area contributed by atoms with E-state index in [1.54, 1.807) is 6.92 Å². The second-order valence-corrected chi connectivity index (χ2v) is 19.6. The van der Waals surface area contributed by atoms with E-state index in [0.717, 1.165) is 55.5 Å². The molecule has 3 aromatic carbocycles. The van der Waals surface area contributed by atoms with E-state index in [9.17, 15) is 32.3 Å². The van der Waals surface area contributed by atoms with Crippen LogP contribution in [0.15, 0.2) is 42.5 Å². The summed E-state index contributed by atoms with van der Waals surface area (Å²) in [5.74, 6) is -3.58. The van der Waals surface area contributed by atoms with Gasteiger partial charge in [0.25, 0.3) is 5.92 Å². The number of nitrogens with one attached hydrogen (secondary N) is 4. The van der Waals surface area contributed by atoms with Crippen molar-refractivity contribution >= 4 is 57.4 Å². The molecule has 362 valence electrons. The van der Waals surface area contributed by atoms with Crippen molar-refractivity contribution in [2.45, 2.75) is 122 Å². The van der Waals surface area contributed by atoms with E-state index in [2.05, 4.69) is 30.1 Å². The summed E-state index contributed by atoms with van der Waals surface area (Å²) < 4.78 is 90.2. The number of methoxy groups -OCH3 is 2. The highest BCUT2D eigenvalue weighted by molar-refractivity contribution is 6.32. The number of hydrogen-bond acceptors (Lipinski definition) is 9. The predicted molar refractivity (Wildman–Crippen MR) is 239 cm³/mol. The van der Waals surface area contributed by atoms with E-state index < -0.39 is 89.6 Å². The molecular formula is C47H50ClF5N8O7. The molecule has 0 radical (unpaired) electrons. The van der Waals surface area contributed by atoms with Gasteiger partial charge >= 0.3 is 18.4 Å². The minimum Gasteiger partial charge on any atom is -0.488 e. The lowest BCUT2D eigenvalue weighted by atomic mass is 9.76. The largest absolute Gasteiger partial charge is 0.488 e. The Morgan fingerprint density at radius 1 is 0.926 bits per heavy atom. The Kier molecular flexibility index (Phi) is 11.4. The molecule has 68 heavy (non-hydrogen) atoms. The molecule has 21 heteroatoms. The first kappa shape index (κ1) is 46.9. The SMILES string of the molecule is COC(=O)NC1C(=O)N2[C@H](CC[C@H]2c2nc(-c3ccc4c(c3)COc3cc5c(ccc6[nH]c([C@@H]7CC[C@H](C)N7C(=O)[C@@H](NC(=O)OC)C(C)(C)C(F)(F)F)nc65)cc3-4)c(Cl)[nH]2)CC(F)(F)C1(C)C. The number of nitrogens with zero attached hydrogens (tertiary/aromatic N) is 4. The molecule has 4 aliphatic rings. The summed E-state index contributed by atoms with van der Waals surface area (Å²) in [6.45, 7) is 6.18. The zero-order valence-corrected chi connectivity index (χ0v) is 38.9. The van der Waals surface area contributed by atoms with E-state index in [-0.39, 0.29) is 11.8 Å². The minimum atomic E-state index is -4.84. The first-order chi connectivity index (χ1) is 32.0. The van der Waals surface area contributed by atoms with Gasteiger partial charge in [0.2, 0.25) is 11.8 Å². The summed E-state index contributed by atoms with van der Waals surface area (Å²) in [4.78, 5) is 71.7. The Labute approximate surface area is 391 Å². The predicted octanol–water partition coefficient (Wildman–Crippen LogP) is 9.51. The van der Waals surface area contributed by atoms with Crippen molar-refractivity contribution in [1.82, 2.24) is 40.4 Å². The molecule has 0 saturated carbocycles. The molecular weight excluding hydrogens is 919 g/mol. The van der Waals surface area contributed by atoms with Crippen LogP contribution >= 0.6 is 11.6 Å². The number of H-pyrrole nitrogens is 2. The zero-order valence-electron chi connectivity index (χ0n) is 38.2. The summed E-state index contributed by atoms with van der Waals surface area (Å²) in [7, 11) is 2.11. The number of aromatic amines is 2. The van der Waals surface area contributed by atoms with Gasteiger partial charge in [0, 0.05) is 35.0 Å². The maximum Gasteiger partial charge on any atom is 0.407 e. The number of carbonyl (C=O) groups excluding carboxylic acids is 4. The van der Waals surface area contributed by atoms with Crippen molar-refractivity contribution in [2.24, 2.45) is 10.8 Å². The van der Waals surface area contributed by atoms with Gasteiger partial charge in [-0.25, -0.2) is 28.3 Å². The third-order valence-corrected chi connectivity index (χ3v) is 14.9. The van der Waals surface area contributed by atoms with Gasteiger partial charge in [-0.2, -0.15) is 13.2 Å². The average Bonchev–Trinajstić information content (AvgIpc) is 4.09. The third-order valence-electron chi connectivity index (χ3n) is 14.6. The number of amides is 4. The maximum absolute atomic E-state index is 15.8. The van der Waals surface area contributed by atoms with Crippen molar-refractivity contribution in [3.05, 3.63) is 64.8 Å². The number of aromatic nitrogens is 4. The summed E-state index contributed by atoms with van der Waals surface area (Å²) in [5.41, 5.74) is 0.213. The summed E-state index contributed by atoms with van der Waals surface area (Å²) in [5, 5.41) is 6.25. The molecule has 4 N–H and O–H groups in total. The lowest BCUT2D eigenvalue weighted by molar-refractivity contribution is -0.222. The van der Waals surface area contributed by atoms with Crippen molar-refractivity contribution in [2.75, 3.05) is 14.2 Å². The van der Waals surface area contributed by atoms with Gasteiger partial charge in [0.05, 0.1) is 48.2 Å². The van der Waals surface area contributed by atoms with E-state index in [1.807, 2.05) is 42.5 Å². The van der Waals surface area contributed by atoms with Crippen LogP contribution in [0.4, 0.5) is 31.5 Å². The molecule has 5 aromatic rings. The number of alkyl carbamates (subject to hydrolysis) is 2. The number of rotatable bonds is 7. The zero-order chi connectivity index (χ0) is 49.0. The standard InChI is InChI=1S/C47H50ClF5N8O7/c1-21-8-14-30(60(21)40(62)36(58-43(65)67-7)45(4,5)47(51,52)53)38-54-29-13-10-22-17-28-26-12-9-23(16-24(26)20-68-32(28)18-27(22)34(29)56-38)33-37(48)59-39(55-33)31-15-11-25-19-46(49,50)44(2,3)35(41(63)61(25)31)57-42(64)66-6/h9-10,12-13,16-18,21,25,30-31,35-36H,8,11,14-15,19-20H2,1-7H3,(H,54,56)(H,55,59)(H,57,64)(H,58,65)/t21-,25+,30-,31-,35?,36+/m0/s1. The molecule has 15 nitrogen and oxygen atoms in total. The molecule has 0 spiro atoms. The van der Waals surface area contributed by atoms with E-state index in [1.165, 1.54) is 23.6 Å². The molecule has 0 bridgehead atoms. The van der Waals surface area contributed by atoms with E-state index in [0.29, 0.717) is 65.4 Å². The monoisotopic (exact) mass is 968 g/mol. The molecule has 3 saturated heterocycles. The van der Waals surface area contributed by atoms with Crippen LogP contribution in [-0.2, 0) is 25.7 Å². The van der Waals surface area contributed by atoms with E-state index >= 15 is 8.78 Å². The summed E-state index contributed by atoms with van der Waals surface area (Å²) in [6, 6.07) is 7.07. The van der Waals surface area contributed by atoms with Crippen LogP contribution in [0, 0.1) is 10.8 Å². The number of likely N-dealkylation sites (tertiary alicyclic amines) is 1. The van der Waals surface area contributed by atoms with Gasteiger partial charge in [-0.05, 0) is 87.2 Å². The fourth-order valence-corrected chi connectivity index (χ4v) is 10.6. The number of halogens is 6. The van der Waals surface area contributed by atoms with Gasteiger partial charge in [-0.15, -0.1) is 0 Å². The molecule has 9 rings (SSSR count). The highest BCUT2D eigenvalue weighted by atomic mass is 35.5. The van der Waals surface area contributed by atoms with Crippen LogP contribution in [0.25, 0.3) is 44.2 Å². The Morgan fingerprint density at radius 2 is 1.63 bits per heavy atom. The number of hydrogen-bond donors (Lipinski definition) is 4. The van der Waals surface area contributed by atoms with Crippen LogP contribution in [-0.4, -0.2) is 104 Å². The summed E-state index contributed by atoms with van der Waals surface area (Å²) in [6.07, 6.45) is -6.05. The second kappa shape index (κ2) is 16.5. The number of carbonyl (C=O) groups is 4. The Bertz CT molecular complexity index is 2880. The lowest BCUT2D eigenvalue weighted by Crippen LogP contribution is -2.60. The molecule has 4 aliphatic heterocycles. The average molecular weight is 969 g/mol. The highest BCUT2D eigenvalue weighted by Gasteiger charge is 2.62. The first-order valence-corrected chi connectivity index (χ1v) is 22.6. The Balaban J connectivity index is 0.995. The van der Waals surface area contributed by atoms with Crippen LogP contribution in [0.5, 0.6) is 5.75 Å². The van der Waals surface area contributed by atoms with Crippen LogP contribution < -0.4 is 15.4 Å². The highest BCUT2D eigenvalue weighted by Crippen LogP contribution is 2.52.